The molecular weight excluding hydrogens is 266 g/mol. The van der Waals surface area contributed by atoms with Crippen LogP contribution in [0.4, 0.5) is 5.13 Å². The molecule has 0 fully saturated rings. The van der Waals surface area contributed by atoms with Gasteiger partial charge in [0.15, 0.2) is 10.8 Å². The molecule has 0 radical (unpaired) electrons. The number of aryl methyl sites for hydroxylation is 2. The average molecular weight is 279 g/mol. The third-order valence-electron chi connectivity index (χ3n) is 2.36. The maximum absolute atomic E-state index is 11.5. The van der Waals surface area contributed by atoms with E-state index in [0.717, 1.165) is 16.0 Å². The summed E-state index contributed by atoms with van der Waals surface area (Å²) in [5.74, 6) is -1.74. The minimum absolute atomic E-state index is 0.159. The van der Waals surface area contributed by atoms with Crippen LogP contribution in [-0.2, 0) is 14.3 Å². The quantitative estimate of drug-likeness (QED) is 0.669. The van der Waals surface area contributed by atoms with Gasteiger partial charge < -0.3 is 4.74 Å². The number of hydrogen-bond donors (Lipinski definition) is 1. The van der Waals surface area contributed by atoms with Gasteiger partial charge in [-0.1, -0.05) is 11.3 Å². The van der Waals surface area contributed by atoms with E-state index < -0.39 is 11.9 Å². The molecule has 0 bridgehead atoms. The first-order chi connectivity index (χ1) is 9.01. The number of pyridine rings is 1. The van der Waals surface area contributed by atoms with Gasteiger partial charge in [0.05, 0.1) is 11.3 Å². The largest absolute Gasteiger partial charge is 0.459 e. The summed E-state index contributed by atoms with van der Waals surface area (Å²) in [5.41, 5.74) is 2.47. The second kappa shape index (κ2) is 5.31. The zero-order valence-electron chi connectivity index (χ0n) is 10.8. The topological polar surface area (TPSA) is 81.2 Å². The van der Waals surface area contributed by atoms with Crippen molar-refractivity contribution in [3.8, 4) is 0 Å². The Labute approximate surface area is 113 Å². The van der Waals surface area contributed by atoms with E-state index in [0.29, 0.717) is 10.8 Å². The molecular formula is C12H13N3O3S. The predicted molar refractivity (Wildman–Crippen MR) is 72.2 cm³/mol. The van der Waals surface area contributed by atoms with Crippen LogP contribution in [-0.4, -0.2) is 28.5 Å². The van der Waals surface area contributed by atoms with E-state index in [1.54, 1.807) is 6.92 Å². The number of anilines is 1. The van der Waals surface area contributed by atoms with Crippen molar-refractivity contribution in [1.29, 1.82) is 0 Å². The van der Waals surface area contributed by atoms with Crippen LogP contribution in [0.25, 0.3) is 10.3 Å². The minimum Gasteiger partial charge on any atom is -0.459 e. The number of thiazole rings is 1. The Hall–Kier alpha value is -2.02. The van der Waals surface area contributed by atoms with Gasteiger partial charge in [0.2, 0.25) is 0 Å². The zero-order chi connectivity index (χ0) is 14.0. The van der Waals surface area contributed by atoms with Gasteiger partial charge in [-0.3, -0.25) is 10.1 Å². The molecule has 19 heavy (non-hydrogen) atoms. The smallest absolute Gasteiger partial charge is 0.397 e. The van der Waals surface area contributed by atoms with Crippen LogP contribution in [0.3, 0.4) is 0 Å². The zero-order valence-corrected chi connectivity index (χ0v) is 11.6. The number of nitrogens with zero attached hydrogens (tertiary/aromatic N) is 2. The number of amides is 1. The predicted octanol–water partition coefficient (Wildman–Crippen LogP) is 1.81. The van der Waals surface area contributed by atoms with E-state index >= 15 is 0 Å². The lowest BCUT2D eigenvalue weighted by Gasteiger charge is -1.99. The summed E-state index contributed by atoms with van der Waals surface area (Å²) in [6.07, 6.45) is 0. The highest BCUT2D eigenvalue weighted by Gasteiger charge is 2.17. The molecule has 2 heterocycles. The van der Waals surface area contributed by atoms with Gasteiger partial charge in [-0.25, -0.2) is 9.78 Å². The van der Waals surface area contributed by atoms with Crippen molar-refractivity contribution < 1.29 is 14.3 Å². The van der Waals surface area contributed by atoms with Crippen LogP contribution in [0.2, 0.25) is 0 Å². The summed E-state index contributed by atoms with van der Waals surface area (Å²) < 4.78 is 5.50. The molecule has 1 amide bonds. The molecule has 0 aromatic carbocycles. The number of aromatic nitrogens is 2. The molecule has 0 unspecified atom stereocenters. The molecule has 2 aromatic rings. The molecule has 0 saturated carbocycles. The molecule has 2 aromatic heterocycles. The maximum atomic E-state index is 11.5. The molecule has 0 spiro atoms. The third-order valence-corrected chi connectivity index (χ3v) is 3.45. The highest BCUT2D eigenvalue weighted by Crippen LogP contribution is 2.27. The van der Waals surface area contributed by atoms with Crippen LogP contribution in [0, 0.1) is 13.8 Å². The lowest BCUT2D eigenvalue weighted by Crippen LogP contribution is -2.24. The Bertz CT molecular complexity index is 651. The maximum Gasteiger partial charge on any atom is 0.397 e. The van der Waals surface area contributed by atoms with E-state index in [-0.39, 0.29) is 6.61 Å². The molecule has 0 atom stereocenters. The van der Waals surface area contributed by atoms with E-state index in [9.17, 15) is 9.59 Å². The molecule has 0 saturated heterocycles. The fraction of sp³-hybridized carbons (Fsp3) is 0.333. The lowest BCUT2D eigenvalue weighted by molar-refractivity contribution is -0.152. The Morgan fingerprint density at radius 2 is 2.11 bits per heavy atom. The Morgan fingerprint density at radius 1 is 1.37 bits per heavy atom. The summed E-state index contributed by atoms with van der Waals surface area (Å²) in [6, 6.07) is 1.94. The van der Waals surface area contributed by atoms with Crippen molar-refractivity contribution in [2.24, 2.45) is 0 Å². The van der Waals surface area contributed by atoms with Gasteiger partial charge in [0, 0.05) is 5.69 Å². The second-order valence-corrected chi connectivity index (χ2v) is 4.93. The molecule has 6 nitrogen and oxygen atoms in total. The fourth-order valence-corrected chi connectivity index (χ4v) is 2.49. The fourth-order valence-electron chi connectivity index (χ4n) is 1.62. The number of rotatable bonds is 2. The Balaban J connectivity index is 2.25. The number of carbonyl (C=O) groups is 2. The number of fused-ring (bicyclic) bond motifs is 1. The van der Waals surface area contributed by atoms with Gasteiger partial charge in [0.1, 0.15) is 0 Å². The summed E-state index contributed by atoms with van der Waals surface area (Å²) in [7, 11) is 0. The van der Waals surface area contributed by atoms with Crippen molar-refractivity contribution in [1.82, 2.24) is 9.97 Å². The molecule has 7 heteroatoms. The molecule has 2 rings (SSSR count). The summed E-state index contributed by atoms with van der Waals surface area (Å²) in [4.78, 5) is 31.2. The highest BCUT2D eigenvalue weighted by atomic mass is 32.1. The van der Waals surface area contributed by atoms with Crippen molar-refractivity contribution >= 4 is 38.7 Å². The van der Waals surface area contributed by atoms with E-state index in [1.807, 2.05) is 19.9 Å². The number of esters is 1. The van der Waals surface area contributed by atoms with Crippen LogP contribution in [0.1, 0.15) is 18.2 Å². The van der Waals surface area contributed by atoms with Crippen molar-refractivity contribution in [2.75, 3.05) is 11.9 Å². The van der Waals surface area contributed by atoms with Crippen LogP contribution in [0.15, 0.2) is 6.07 Å². The number of ether oxygens (including phenoxy) is 1. The molecule has 0 aliphatic heterocycles. The van der Waals surface area contributed by atoms with Crippen molar-refractivity contribution in [2.45, 2.75) is 20.8 Å². The summed E-state index contributed by atoms with van der Waals surface area (Å²) >= 11 is 1.28. The second-order valence-electron chi connectivity index (χ2n) is 3.93. The summed E-state index contributed by atoms with van der Waals surface area (Å²) in [5, 5.41) is 2.76. The average Bonchev–Trinajstić information content (AvgIpc) is 2.72. The number of nitrogens with one attached hydrogen (secondary N) is 1. The van der Waals surface area contributed by atoms with Crippen LogP contribution >= 0.6 is 11.3 Å². The third kappa shape index (κ3) is 2.87. The minimum atomic E-state index is -0.914. The van der Waals surface area contributed by atoms with Gasteiger partial charge in [-0.2, -0.15) is 4.98 Å². The van der Waals surface area contributed by atoms with Gasteiger partial charge >= 0.3 is 11.9 Å². The number of carbonyl (C=O) groups excluding carboxylic acids is 2. The molecule has 0 aliphatic carbocycles. The van der Waals surface area contributed by atoms with E-state index in [4.69, 9.17) is 0 Å². The van der Waals surface area contributed by atoms with E-state index in [1.165, 1.54) is 11.3 Å². The Morgan fingerprint density at radius 3 is 2.79 bits per heavy atom. The monoisotopic (exact) mass is 279 g/mol. The molecule has 1 N–H and O–H groups in total. The molecule has 0 aliphatic rings. The lowest BCUT2D eigenvalue weighted by atomic mass is 10.2. The first kappa shape index (κ1) is 13.4. The Kier molecular flexibility index (Phi) is 3.75. The summed E-state index contributed by atoms with van der Waals surface area (Å²) in [6.45, 7) is 5.62. The van der Waals surface area contributed by atoms with Crippen LogP contribution in [0.5, 0.6) is 0 Å². The first-order valence-electron chi connectivity index (χ1n) is 5.74. The SMILES string of the molecule is CCOC(=O)C(=O)Nc1nc2nc(C)cc(C)c2s1. The van der Waals surface area contributed by atoms with Gasteiger partial charge in [0.25, 0.3) is 0 Å². The highest BCUT2D eigenvalue weighted by molar-refractivity contribution is 7.22. The van der Waals surface area contributed by atoms with Crippen molar-refractivity contribution in [3.05, 3.63) is 17.3 Å². The first-order valence-corrected chi connectivity index (χ1v) is 6.55. The van der Waals surface area contributed by atoms with Gasteiger partial charge in [-0.15, -0.1) is 0 Å². The van der Waals surface area contributed by atoms with Crippen LogP contribution < -0.4 is 5.32 Å². The molecule has 100 valence electrons. The number of hydrogen-bond acceptors (Lipinski definition) is 6. The van der Waals surface area contributed by atoms with Crippen molar-refractivity contribution in [3.63, 3.8) is 0 Å². The van der Waals surface area contributed by atoms with E-state index in [2.05, 4.69) is 20.0 Å². The van der Waals surface area contributed by atoms with Gasteiger partial charge in [-0.05, 0) is 32.4 Å². The normalized spacial score (nSPS) is 10.5. The standard InChI is InChI=1S/C12H13N3O3S/c1-4-18-11(17)10(16)15-12-14-9-8(19-12)6(2)5-7(3)13-9/h5H,4H2,1-3H3,(H,13,14,15,16).